The van der Waals surface area contributed by atoms with Crippen LogP contribution in [0.2, 0.25) is 10.0 Å². The molecule has 2 aromatic carbocycles. The number of nitrogens with zero attached hydrogens (tertiary/aromatic N) is 2. The number of rotatable bonds is 13. The summed E-state index contributed by atoms with van der Waals surface area (Å²) in [4.78, 5) is 32.9. The highest BCUT2D eigenvalue weighted by molar-refractivity contribution is 7.12. The molecule has 4 N–H and O–H groups in total. The highest BCUT2D eigenvalue weighted by Gasteiger charge is 2.27. The van der Waals surface area contributed by atoms with Crippen LogP contribution in [-0.2, 0) is 22.7 Å². The van der Waals surface area contributed by atoms with Crippen molar-refractivity contribution in [1.29, 1.82) is 0 Å². The molecule has 2 aliphatic rings. The number of carbonyl (C=O) groups is 2. The van der Waals surface area contributed by atoms with Gasteiger partial charge in [-0.15, -0.1) is 11.3 Å². The number of carboxylic acid groups (broad SMARTS) is 1. The Morgan fingerprint density at radius 3 is 2.59 bits per heavy atom. The fourth-order valence-electron chi connectivity index (χ4n) is 5.82. The van der Waals surface area contributed by atoms with Crippen LogP contribution in [0.15, 0.2) is 66.8 Å². The van der Waals surface area contributed by atoms with Gasteiger partial charge in [0.25, 0.3) is 0 Å². The number of hydrogen-bond acceptors (Lipinski definition) is 9. The van der Waals surface area contributed by atoms with Crippen molar-refractivity contribution < 1.29 is 24.2 Å². The van der Waals surface area contributed by atoms with Gasteiger partial charge in [0.2, 0.25) is 11.8 Å². The number of amides is 1. The van der Waals surface area contributed by atoms with Crippen LogP contribution in [-0.4, -0.2) is 53.2 Å². The molecule has 254 valence electrons. The second-order valence-electron chi connectivity index (χ2n) is 11.7. The highest BCUT2D eigenvalue weighted by Crippen LogP contribution is 2.44. The number of aliphatic carboxylic acids is 1. The monoisotopic (exact) mass is 719 g/mol. The first kappa shape index (κ1) is 34.6. The summed E-state index contributed by atoms with van der Waals surface area (Å²) in [5, 5.41) is 19.8. The maximum atomic E-state index is 11.5. The SMILES string of the molecule is C=C1CC=Cc2sc(CNCC(=O)O)nc2C1Oc1cccc(-c2cccc(-c3ccc(CNCC4CCC(=O)N4)c(OC)n3)c2Cl)c1Cl. The van der Waals surface area contributed by atoms with Crippen LogP contribution in [0, 0.1) is 0 Å². The number of methoxy groups -OCH3 is 1. The molecule has 1 saturated heterocycles. The fraction of sp³-hybridized carbons (Fsp3) is 0.278. The van der Waals surface area contributed by atoms with Gasteiger partial charge in [0, 0.05) is 54.4 Å². The van der Waals surface area contributed by atoms with E-state index in [1.807, 2.05) is 54.6 Å². The standard InChI is InChI=1S/C36H35Cl2N5O5S/c1-20-6-3-11-28-34(43-30(49-28)18-40-19-31(45)46)35(20)48-27-10-5-8-24(33(27)38)23-7-4-9-25(32(23)37)26-14-12-21(36(42-26)47-2)16-39-17-22-13-15-29(44)41-22/h3-5,7-12,14,22,35,39-40H,1,6,13,15-19H2,2H3,(H,41,44)(H,45,46). The number of halogens is 2. The number of carbonyl (C=O) groups excluding carboxylic acids is 1. The number of pyridine rings is 1. The van der Waals surface area contributed by atoms with E-state index in [0.717, 1.165) is 27.4 Å². The first-order chi connectivity index (χ1) is 23.7. The van der Waals surface area contributed by atoms with E-state index in [-0.39, 0.29) is 18.5 Å². The Morgan fingerprint density at radius 1 is 1.06 bits per heavy atom. The van der Waals surface area contributed by atoms with E-state index >= 15 is 0 Å². The summed E-state index contributed by atoms with van der Waals surface area (Å²) < 4.78 is 12.2. The van der Waals surface area contributed by atoms with E-state index in [1.165, 1.54) is 11.3 Å². The van der Waals surface area contributed by atoms with Crippen molar-refractivity contribution in [3.63, 3.8) is 0 Å². The number of aromatic nitrogens is 2. The number of thiazole rings is 1. The molecule has 0 radical (unpaired) electrons. The van der Waals surface area contributed by atoms with E-state index in [0.29, 0.717) is 82.2 Å². The second-order valence-corrected chi connectivity index (χ2v) is 13.6. The van der Waals surface area contributed by atoms with Crippen LogP contribution in [0.3, 0.4) is 0 Å². The molecule has 2 unspecified atom stereocenters. The third-order valence-electron chi connectivity index (χ3n) is 8.24. The number of carboxylic acids is 1. The molecular formula is C36H35Cl2N5O5S. The van der Waals surface area contributed by atoms with Gasteiger partial charge in [-0.25, -0.2) is 9.97 Å². The molecule has 0 spiro atoms. The minimum absolute atomic E-state index is 0.0896. The third-order valence-corrected chi connectivity index (χ3v) is 10.1. The van der Waals surface area contributed by atoms with E-state index < -0.39 is 12.1 Å². The van der Waals surface area contributed by atoms with Gasteiger partial charge in [-0.2, -0.15) is 0 Å². The van der Waals surface area contributed by atoms with Crippen LogP contribution in [0.5, 0.6) is 11.6 Å². The molecular weight excluding hydrogens is 685 g/mol. The van der Waals surface area contributed by atoms with Gasteiger partial charge >= 0.3 is 5.97 Å². The Labute approximate surface area is 298 Å². The van der Waals surface area contributed by atoms with Crippen LogP contribution >= 0.6 is 34.5 Å². The lowest BCUT2D eigenvalue weighted by Crippen LogP contribution is -2.35. The second kappa shape index (κ2) is 15.5. The Kier molecular flexibility index (Phi) is 11.0. The Hall–Kier alpha value is -4.26. The lowest BCUT2D eigenvalue weighted by molar-refractivity contribution is -0.136. The van der Waals surface area contributed by atoms with Gasteiger partial charge < -0.3 is 30.5 Å². The molecule has 2 atom stereocenters. The lowest BCUT2D eigenvalue weighted by Gasteiger charge is -2.21. The van der Waals surface area contributed by atoms with Gasteiger partial charge in [-0.3, -0.25) is 9.59 Å². The topological polar surface area (TPSA) is 135 Å². The maximum absolute atomic E-state index is 11.5. The quantitative estimate of drug-likeness (QED) is 0.110. The molecule has 2 aromatic heterocycles. The summed E-state index contributed by atoms with van der Waals surface area (Å²) >= 11 is 15.6. The number of nitrogens with one attached hydrogen (secondary N) is 3. The molecule has 1 aliphatic heterocycles. The summed E-state index contributed by atoms with van der Waals surface area (Å²) in [6, 6.07) is 15.3. The van der Waals surface area contributed by atoms with Crippen LogP contribution in [0.25, 0.3) is 28.5 Å². The minimum atomic E-state index is -0.932. The molecule has 6 rings (SSSR count). The zero-order valence-electron chi connectivity index (χ0n) is 26.7. The Morgan fingerprint density at radius 2 is 1.84 bits per heavy atom. The first-order valence-electron chi connectivity index (χ1n) is 15.8. The van der Waals surface area contributed by atoms with Crippen molar-refractivity contribution in [2.75, 3.05) is 20.2 Å². The molecule has 0 bridgehead atoms. The summed E-state index contributed by atoms with van der Waals surface area (Å²) in [7, 11) is 1.58. The molecule has 10 nitrogen and oxygen atoms in total. The molecule has 1 aliphatic carbocycles. The Balaban J connectivity index is 1.23. The zero-order chi connectivity index (χ0) is 34.5. The third kappa shape index (κ3) is 7.98. The predicted molar refractivity (Wildman–Crippen MR) is 192 cm³/mol. The number of ether oxygens (including phenoxy) is 2. The zero-order valence-corrected chi connectivity index (χ0v) is 29.1. The normalized spacial score (nSPS) is 17.0. The van der Waals surface area contributed by atoms with Crippen molar-refractivity contribution in [1.82, 2.24) is 25.9 Å². The molecule has 4 aromatic rings. The molecule has 3 heterocycles. The largest absolute Gasteiger partial charge is 0.481 e. The van der Waals surface area contributed by atoms with Gasteiger partial charge in [0.1, 0.15) is 16.5 Å². The van der Waals surface area contributed by atoms with E-state index in [2.05, 4.69) is 22.5 Å². The van der Waals surface area contributed by atoms with E-state index in [9.17, 15) is 9.59 Å². The molecule has 1 fully saturated rings. The van der Waals surface area contributed by atoms with Gasteiger partial charge in [0.15, 0.2) is 6.10 Å². The number of allylic oxidation sites excluding steroid dienone is 1. The Bertz CT molecular complexity index is 1930. The number of hydrogen-bond donors (Lipinski definition) is 4. The predicted octanol–water partition coefficient (Wildman–Crippen LogP) is 6.82. The van der Waals surface area contributed by atoms with Crippen molar-refractivity contribution >= 4 is 52.5 Å². The van der Waals surface area contributed by atoms with Gasteiger partial charge in [0.05, 0.1) is 34.3 Å². The average Bonchev–Trinajstić information content (AvgIpc) is 3.66. The molecule has 1 amide bonds. The highest BCUT2D eigenvalue weighted by atomic mass is 35.5. The smallest absolute Gasteiger partial charge is 0.317 e. The summed E-state index contributed by atoms with van der Waals surface area (Å²) in [6.45, 7) is 5.63. The first-order valence-corrected chi connectivity index (χ1v) is 17.3. The van der Waals surface area contributed by atoms with E-state index in [1.54, 1.807) is 13.2 Å². The molecule has 0 saturated carbocycles. The number of fused-ring (bicyclic) bond motifs is 1. The minimum Gasteiger partial charge on any atom is -0.481 e. The van der Waals surface area contributed by atoms with Crippen LogP contribution in [0.1, 0.15) is 46.5 Å². The van der Waals surface area contributed by atoms with Crippen molar-refractivity contribution in [3.05, 3.63) is 97.9 Å². The van der Waals surface area contributed by atoms with Gasteiger partial charge in [-0.05, 0) is 36.6 Å². The van der Waals surface area contributed by atoms with Crippen LogP contribution < -0.4 is 25.4 Å². The van der Waals surface area contributed by atoms with Crippen molar-refractivity contribution in [2.24, 2.45) is 0 Å². The molecule has 13 heteroatoms. The molecule has 49 heavy (non-hydrogen) atoms. The van der Waals surface area contributed by atoms with Crippen molar-refractivity contribution in [2.45, 2.75) is 44.5 Å². The van der Waals surface area contributed by atoms with Crippen LogP contribution in [0.4, 0.5) is 0 Å². The van der Waals surface area contributed by atoms with E-state index in [4.69, 9.17) is 47.8 Å². The fourth-order valence-corrected chi connectivity index (χ4v) is 7.41. The lowest BCUT2D eigenvalue weighted by atomic mass is 10.00. The maximum Gasteiger partial charge on any atom is 0.317 e. The average molecular weight is 721 g/mol. The summed E-state index contributed by atoms with van der Waals surface area (Å²) in [5.74, 6) is 0.0907. The van der Waals surface area contributed by atoms with Crippen molar-refractivity contribution in [3.8, 4) is 34.0 Å². The summed E-state index contributed by atoms with van der Waals surface area (Å²) in [5.41, 5.74) is 5.17. The summed E-state index contributed by atoms with van der Waals surface area (Å²) in [6.07, 6.45) is 5.44. The number of benzene rings is 2. The van der Waals surface area contributed by atoms with Gasteiger partial charge in [-0.1, -0.05) is 72.3 Å².